The molecule has 0 spiro atoms. The summed E-state index contributed by atoms with van der Waals surface area (Å²) in [6.07, 6.45) is 0.585. The van der Waals surface area contributed by atoms with E-state index in [9.17, 15) is 14.4 Å². The number of ether oxygens (including phenoxy) is 2. The number of methoxy groups -OCH3 is 1. The van der Waals surface area contributed by atoms with Crippen LogP contribution in [-0.2, 0) is 19.1 Å². The van der Waals surface area contributed by atoms with Crippen LogP contribution in [0.5, 0.6) is 0 Å². The third-order valence-electron chi connectivity index (χ3n) is 1.97. The Hall–Kier alpha value is -2.44. The third-order valence-corrected chi connectivity index (χ3v) is 1.97. The maximum atomic E-state index is 11.6. The number of esters is 2. The quantitative estimate of drug-likeness (QED) is 0.750. The number of aliphatic carboxylic acids is 1. The molecule has 7 heteroatoms. The summed E-state index contributed by atoms with van der Waals surface area (Å²) >= 11 is 0. The Morgan fingerprint density at radius 3 is 2.67 bits per heavy atom. The SMILES string of the molecule is COC(=O)[C@H](CC(=O)O)OC(=O)c1cccnc1. The topological polar surface area (TPSA) is 103 Å². The Bertz CT molecular complexity index is 444. The van der Waals surface area contributed by atoms with Gasteiger partial charge in [0.2, 0.25) is 6.10 Å². The van der Waals surface area contributed by atoms with Crippen LogP contribution in [0.4, 0.5) is 0 Å². The van der Waals surface area contributed by atoms with Crippen molar-refractivity contribution >= 4 is 17.9 Å². The van der Waals surface area contributed by atoms with Crippen LogP contribution in [0.3, 0.4) is 0 Å². The van der Waals surface area contributed by atoms with Crippen LogP contribution in [0.15, 0.2) is 24.5 Å². The lowest BCUT2D eigenvalue weighted by molar-refractivity contribution is -0.156. The molecule has 1 heterocycles. The van der Waals surface area contributed by atoms with Crippen LogP contribution in [0, 0.1) is 0 Å². The Labute approximate surface area is 102 Å². The van der Waals surface area contributed by atoms with Gasteiger partial charge in [-0.25, -0.2) is 9.59 Å². The van der Waals surface area contributed by atoms with Crippen molar-refractivity contribution in [3.63, 3.8) is 0 Å². The number of aromatic nitrogens is 1. The first-order chi connectivity index (χ1) is 8.54. The third kappa shape index (κ3) is 3.85. The van der Waals surface area contributed by atoms with Crippen molar-refractivity contribution in [2.24, 2.45) is 0 Å². The van der Waals surface area contributed by atoms with E-state index >= 15 is 0 Å². The maximum absolute atomic E-state index is 11.6. The highest BCUT2D eigenvalue weighted by atomic mass is 16.6. The molecule has 1 aromatic heterocycles. The highest BCUT2D eigenvalue weighted by molar-refractivity contribution is 5.92. The van der Waals surface area contributed by atoms with E-state index in [1.54, 1.807) is 0 Å². The normalized spacial score (nSPS) is 11.4. The van der Waals surface area contributed by atoms with Crippen LogP contribution in [0.2, 0.25) is 0 Å². The highest BCUT2D eigenvalue weighted by Gasteiger charge is 2.27. The number of pyridine rings is 1. The molecule has 0 fully saturated rings. The first-order valence-electron chi connectivity index (χ1n) is 4.95. The summed E-state index contributed by atoms with van der Waals surface area (Å²) in [4.78, 5) is 37.1. The van der Waals surface area contributed by atoms with Crippen LogP contribution in [0.25, 0.3) is 0 Å². The van der Waals surface area contributed by atoms with E-state index < -0.39 is 30.4 Å². The van der Waals surface area contributed by atoms with Gasteiger partial charge in [0.1, 0.15) is 0 Å². The molecule has 1 rings (SSSR count). The number of rotatable bonds is 5. The van der Waals surface area contributed by atoms with Gasteiger partial charge in [0.15, 0.2) is 0 Å². The molecule has 18 heavy (non-hydrogen) atoms. The summed E-state index contributed by atoms with van der Waals surface area (Å²) in [5, 5.41) is 8.60. The predicted octanol–water partition coefficient (Wildman–Crippen LogP) is 0.255. The van der Waals surface area contributed by atoms with Gasteiger partial charge >= 0.3 is 17.9 Å². The fourth-order valence-electron chi connectivity index (χ4n) is 1.14. The zero-order valence-electron chi connectivity index (χ0n) is 9.53. The second-order valence-corrected chi connectivity index (χ2v) is 3.26. The summed E-state index contributed by atoms with van der Waals surface area (Å²) in [5.74, 6) is -3.03. The molecular weight excluding hydrogens is 242 g/mol. The molecule has 1 aromatic rings. The first-order valence-corrected chi connectivity index (χ1v) is 4.95. The van der Waals surface area contributed by atoms with Crippen molar-refractivity contribution in [1.82, 2.24) is 4.98 Å². The number of carboxylic acids is 1. The molecule has 0 amide bonds. The molecular formula is C11H11NO6. The average molecular weight is 253 g/mol. The molecule has 0 aliphatic heterocycles. The molecule has 96 valence electrons. The molecule has 0 bridgehead atoms. The summed E-state index contributed by atoms with van der Waals surface area (Å²) < 4.78 is 9.12. The summed E-state index contributed by atoms with van der Waals surface area (Å²) in [6.45, 7) is 0. The second kappa shape index (κ2) is 6.33. The van der Waals surface area contributed by atoms with E-state index in [2.05, 4.69) is 9.72 Å². The standard InChI is InChI=1S/C11H11NO6/c1-17-11(16)8(5-9(13)14)18-10(15)7-3-2-4-12-6-7/h2-4,6,8H,5H2,1H3,(H,13,14)/t8-/m0/s1. The van der Waals surface area contributed by atoms with Gasteiger partial charge in [0.05, 0.1) is 19.1 Å². The molecule has 0 saturated heterocycles. The predicted molar refractivity (Wildman–Crippen MR) is 57.7 cm³/mol. The van der Waals surface area contributed by atoms with Gasteiger partial charge in [-0.1, -0.05) is 0 Å². The van der Waals surface area contributed by atoms with Crippen LogP contribution in [0.1, 0.15) is 16.8 Å². The summed E-state index contributed by atoms with van der Waals surface area (Å²) in [5.41, 5.74) is 0.122. The van der Waals surface area contributed by atoms with Gasteiger partial charge in [-0.15, -0.1) is 0 Å². The van der Waals surface area contributed by atoms with E-state index in [0.717, 1.165) is 7.11 Å². The van der Waals surface area contributed by atoms with Gasteiger partial charge in [0.25, 0.3) is 0 Å². The fraction of sp³-hybridized carbons (Fsp3) is 0.273. The number of hydrogen-bond acceptors (Lipinski definition) is 6. The minimum Gasteiger partial charge on any atom is -0.481 e. The number of hydrogen-bond donors (Lipinski definition) is 1. The zero-order valence-corrected chi connectivity index (χ0v) is 9.53. The van der Waals surface area contributed by atoms with Crippen LogP contribution in [-0.4, -0.2) is 41.2 Å². The second-order valence-electron chi connectivity index (χ2n) is 3.26. The number of carboxylic acid groups (broad SMARTS) is 1. The Kier molecular flexibility index (Phi) is 4.79. The summed E-state index contributed by atoms with van der Waals surface area (Å²) in [7, 11) is 1.08. The van der Waals surface area contributed by atoms with E-state index in [0.29, 0.717) is 0 Å². The van der Waals surface area contributed by atoms with Crippen molar-refractivity contribution in [3.8, 4) is 0 Å². The zero-order chi connectivity index (χ0) is 13.5. The highest BCUT2D eigenvalue weighted by Crippen LogP contribution is 2.07. The molecule has 0 aliphatic carbocycles. The van der Waals surface area contributed by atoms with Crippen molar-refractivity contribution in [3.05, 3.63) is 30.1 Å². The van der Waals surface area contributed by atoms with E-state index in [1.165, 1.54) is 24.5 Å². The Morgan fingerprint density at radius 1 is 1.44 bits per heavy atom. The van der Waals surface area contributed by atoms with Crippen molar-refractivity contribution in [1.29, 1.82) is 0 Å². The maximum Gasteiger partial charge on any atom is 0.347 e. The summed E-state index contributed by atoms with van der Waals surface area (Å²) in [6, 6.07) is 2.95. The molecule has 0 saturated carbocycles. The molecule has 7 nitrogen and oxygen atoms in total. The van der Waals surface area contributed by atoms with Crippen molar-refractivity contribution in [2.75, 3.05) is 7.11 Å². The minimum atomic E-state index is -1.47. The van der Waals surface area contributed by atoms with Gasteiger partial charge in [-0.2, -0.15) is 0 Å². The van der Waals surface area contributed by atoms with Gasteiger partial charge in [-0.3, -0.25) is 9.78 Å². The van der Waals surface area contributed by atoms with Crippen LogP contribution >= 0.6 is 0 Å². The minimum absolute atomic E-state index is 0.122. The smallest absolute Gasteiger partial charge is 0.347 e. The number of carbonyl (C=O) groups is 3. The van der Waals surface area contributed by atoms with Crippen molar-refractivity contribution < 1.29 is 29.0 Å². The molecule has 0 aromatic carbocycles. The van der Waals surface area contributed by atoms with E-state index in [1.807, 2.05) is 0 Å². The lowest BCUT2D eigenvalue weighted by Crippen LogP contribution is -2.30. The van der Waals surface area contributed by atoms with E-state index in [-0.39, 0.29) is 5.56 Å². The van der Waals surface area contributed by atoms with E-state index in [4.69, 9.17) is 9.84 Å². The lowest BCUT2D eigenvalue weighted by Gasteiger charge is -2.13. The Balaban J connectivity index is 2.74. The van der Waals surface area contributed by atoms with Gasteiger partial charge in [0, 0.05) is 12.4 Å². The monoisotopic (exact) mass is 253 g/mol. The number of nitrogens with zero attached hydrogens (tertiary/aromatic N) is 1. The number of carbonyl (C=O) groups excluding carboxylic acids is 2. The molecule has 1 N–H and O–H groups in total. The van der Waals surface area contributed by atoms with Crippen LogP contribution < -0.4 is 0 Å². The first kappa shape index (κ1) is 13.6. The molecule has 0 aliphatic rings. The largest absolute Gasteiger partial charge is 0.481 e. The molecule has 0 radical (unpaired) electrons. The molecule has 0 unspecified atom stereocenters. The average Bonchev–Trinajstić information content (AvgIpc) is 2.37. The Morgan fingerprint density at radius 2 is 2.17 bits per heavy atom. The van der Waals surface area contributed by atoms with Crippen molar-refractivity contribution in [2.45, 2.75) is 12.5 Å². The van der Waals surface area contributed by atoms with Gasteiger partial charge in [-0.05, 0) is 12.1 Å². The fourth-order valence-corrected chi connectivity index (χ4v) is 1.14. The lowest BCUT2D eigenvalue weighted by atomic mass is 10.2. The van der Waals surface area contributed by atoms with Gasteiger partial charge < -0.3 is 14.6 Å². The molecule has 1 atom stereocenters.